The molecule has 0 aliphatic rings. The lowest BCUT2D eigenvalue weighted by atomic mass is 10.1. The van der Waals surface area contributed by atoms with Crippen molar-refractivity contribution < 1.29 is 24.5 Å². The SMILES string of the molecule is CCOC(=O)N=NC(=O)c1ccc(Br)cc1-n1c(O)c2ccccc2c1O. The molecule has 0 bridgehead atoms. The van der Waals surface area contributed by atoms with E-state index >= 15 is 0 Å². The molecule has 0 aliphatic heterocycles. The smallest absolute Gasteiger partial charge is 0.452 e. The van der Waals surface area contributed by atoms with Gasteiger partial charge in [-0.05, 0) is 37.3 Å². The normalized spacial score (nSPS) is 11.2. The van der Waals surface area contributed by atoms with Gasteiger partial charge in [-0.25, -0.2) is 9.36 Å². The average Bonchev–Trinajstić information content (AvgIpc) is 2.91. The van der Waals surface area contributed by atoms with Gasteiger partial charge in [-0.15, -0.1) is 0 Å². The summed E-state index contributed by atoms with van der Waals surface area (Å²) in [4.78, 5) is 23.7. The van der Waals surface area contributed by atoms with Crippen LogP contribution in [0.4, 0.5) is 4.79 Å². The summed E-state index contributed by atoms with van der Waals surface area (Å²) in [5.74, 6) is -1.31. The van der Waals surface area contributed by atoms with Crippen molar-refractivity contribution in [1.29, 1.82) is 0 Å². The van der Waals surface area contributed by atoms with E-state index in [1.807, 2.05) is 0 Å². The number of hydrogen-bond donors (Lipinski definition) is 2. The number of rotatable bonds is 3. The number of fused-ring (bicyclic) bond motifs is 1. The zero-order valence-corrected chi connectivity index (χ0v) is 15.7. The van der Waals surface area contributed by atoms with E-state index in [2.05, 4.69) is 30.9 Å². The molecule has 2 amide bonds. The van der Waals surface area contributed by atoms with Crippen molar-refractivity contribution in [2.45, 2.75) is 6.92 Å². The van der Waals surface area contributed by atoms with Crippen molar-refractivity contribution in [2.24, 2.45) is 10.2 Å². The van der Waals surface area contributed by atoms with Gasteiger partial charge in [-0.2, -0.15) is 0 Å². The summed E-state index contributed by atoms with van der Waals surface area (Å²) in [5, 5.41) is 28.5. The van der Waals surface area contributed by atoms with Crippen LogP contribution >= 0.6 is 15.9 Å². The molecule has 8 nitrogen and oxygen atoms in total. The Morgan fingerprint density at radius 3 is 2.30 bits per heavy atom. The largest absolute Gasteiger partial charge is 0.494 e. The minimum Gasteiger partial charge on any atom is -0.494 e. The number of aromatic hydroxyl groups is 2. The van der Waals surface area contributed by atoms with E-state index in [4.69, 9.17) is 0 Å². The Bertz CT molecular complexity index is 1040. The molecule has 0 radical (unpaired) electrons. The van der Waals surface area contributed by atoms with E-state index in [0.29, 0.717) is 15.2 Å². The Labute approximate surface area is 161 Å². The summed E-state index contributed by atoms with van der Waals surface area (Å²) >= 11 is 3.30. The van der Waals surface area contributed by atoms with Crippen LogP contribution in [-0.2, 0) is 4.74 Å². The lowest BCUT2D eigenvalue weighted by Crippen LogP contribution is -2.05. The lowest BCUT2D eigenvalue weighted by Gasteiger charge is -2.11. The molecular formula is C18H14BrN3O5. The van der Waals surface area contributed by atoms with Crippen molar-refractivity contribution >= 4 is 38.7 Å². The number of amides is 2. The fraction of sp³-hybridized carbons (Fsp3) is 0.111. The molecule has 1 aromatic heterocycles. The maximum Gasteiger partial charge on any atom is 0.452 e. The summed E-state index contributed by atoms with van der Waals surface area (Å²) in [7, 11) is 0. The second-order valence-corrected chi connectivity index (χ2v) is 6.31. The van der Waals surface area contributed by atoms with Gasteiger partial charge in [0.2, 0.25) is 11.8 Å². The number of carbonyl (C=O) groups is 2. The van der Waals surface area contributed by atoms with Gasteiger partial charge in [-0.1, -0.05) is 38.3 Å². The van der Waals surface area contributed by atoms with Crippen LogP contribution in [0.3, 0.4) is 0 Å². The Balaban J connectivity index is 2.14. The van der Waals surface area contributed by atoms with Crippen LogP contribution in [0.5, 0.6) is 11.8 Å². The molecule has 0 aliphatic carbocycles. The minimum atomic E-state index is -0.984. The highest BCUT2D eigenvalue weighted by Gasteiger charge is 2.22. The molecule has 0 saturated carbocycles. The molecule has 138 valence electrons. The highest BCUT2D eigenvalue weighted by atomic mass is 79.9. The zero-order valence-electron chi connectivity index (χ0n) is 14.1. The molecule has 3 aromatic rings. The molecule has 0 atom stereocenters. The molecule has 0 unspecified atom stereocenters. The molecule has 3 rings (SSSR count). The third-order valence-electron chi connectivity index (χ3n) is 3.75. The number of nitrogens with zero attached hydrogens (tertiary/aromatic N) is 3. The highest BCUT2D eigenvalue weighted by Crippen LogP contribution is 2.40. The van der Waals surface area contributed by atoms with Gasteiger partial charge in [0.15, 0.2) is 0 Å². The Hall–Kier alpha value is -3.20. The highest BCUT2D eigenvalue weighted by molar-refractivity contribution is 9.10. The van der Waals surface area contributed by atoms with Gasteiger partial charge in [0.25, 0.3) is 5.91 Å². The van der Waals surface area contributed by atoms with Crippen molar-refractivity contribution in [3.8, 4) is 17.4 Å². The number of halogens is 1. The van der Waals surface area contributed by atoms with Crippen LogP contribution in [0.15, 0.2) is 57.2 Å². The first-order chi connectivity index (χ1) is 12.9. The first kappa shape index (κ1) is 18.6. The third kappa shape index (κ3) is 3.54. The number of ether oxygens (including phenoxy) is 1. The molecule has 27 heavy (non-hydrogen) atoms. The predicted molar refractivity (Wildman–Crippen MR) is 101 cm³/mol. The van der Waals surface area contributed by atoms with Gasteiger partial charge in [0, 0.05) is 15.2 Å². The van der Waals surface area contributed by atoms with E-state index in [0.717, 1.165) is 4.57 Å². The van der Waals surface area contributed by atoms with Crippen LogP contribution in [0.25, 0.3) is 16.5 Å². The standard InChI is InChI=1S/C18H14BrN3O5/c1-2-27-18(26)21-20-15(23)13-8-7-10(19)9-14(13)22-16(24)11-5-3-4-6-12(11)17(22)25/h3-9,24-25H,2H2,1H3. The van der Waals surface area contributed by atoms with Gasteiger partial charge in [0.1, 0.15) is 0 Å². The number of carbonyl (C=O) groups excluding carboxylic acids is 2. The van der Waals surface area contributed by atoms with Gasteiger partial charge < -0.3 is 14.9 Å². The number of hydrogen-bond acceptors (Lipinski definition) is 5. The molecular weight excluding hydrogens is 418 g/mol. The van der Waals surface area contributed by atoms with Crippen LogP contribution in [-0.4, -0.2) is 33.4 Å². The Kier molecular flexibility index (Phi) is 5.22. The van der Waals surface area contributed by atoms with E-state index in [9.17, 15) is 19.8 Å². The number of aromatic nitrogens is 1. The molecule has 1 heterocycles. The van der Waals surface area contributed by atoms with Gasteiger partial charge in [0.05, 0.1) is 17.9 Å². The average molecular weight is 432 g/mol. The second kappa shape index (κ2) is 7.58. The summed E-state index contributed by atoms with van der Waals surface area (Å²) in [6.07, 6.45) is -0.984. The monoisotopic (exact) mass is 431 g/mol. The van der Waals surface area contributed by atoms with E-state index < -0.39 is 12.0 Å². The molecule has 2 aromatic carbocycles. The van der Waals surface area contributed by atoms with E-state index in [1.165, 1.54) is 12.1 Å². The summed E-state index contributed by atoms with van der Waals surface area (Å²) < 4.78 is 6.33. The third-order valence-corrected chi connectivity index (χ3v) is 4.25. The van der Waals surface area contributed by atoms with Crippen LogP contribution in [0.2, 0.25) is 0 Å². The number of benzene rings is 2. The van der Waals surface area contributed by atoms with Crippen molar-refractivity contribution in [2.75, 3.05) is 6.61 Å². The topological polar surface area (TPSA) is 113 Å². The predicted octanol–water partition coefficient (Wildman–Crippen LogP) is 4.55. The molecule has 0 saturated heterocycles. The van der Waals surface area contributed by atoms with Crippen molar-refractivity contribution in [1.82, 2.24) is 4.57 Å². The molecule has 2 N–H and O–H groups in total. The summed E-state index contributed by atoms with van der Waals surface area (Å²) in [5.41, 5.74) is 0.195. The van der Waals surface area contributed by atoms with Gasteiger partial charge >= 0.3 is 6.09 Å². The molecule has 0 spiro atoms. The van der Waals surface area contributed by atoms with Crippen molar-refractivity contribution in [3.05, 3.63) is 52.5 Å². The van der Waals surface area contributed by atoms with Crippen molar-refractivity contribution in [3.63, 3.8) is 0 Å². The fourth-order valence-corrected chi connectivity index (χ4v) is 2.95. The van der Waals surface area contributed by atoms with Crippen LogP contribution in [0, 0.1) is 0 Å². The summed E-state index contributed by atoms with van der Waals surface area (Å²) in [6, 6.07) is 11.3. The first-order valence-electron chi connectivity index (χ1n) is 7.88. The fourth-order valence-electron chi connectivity index (χ4n) is 2.61. The first-order valence-corrected chi connectivity index (χ1v) is 8.67. The Morgan fingerprint density at radius 2 is 1.70 bits per heavy atom. The molecule has 0 fully saturated rings. The number of azo groups is 1. The second-order valence-electron chi connectivity index (χ2n) is 5.39. The molecule has 9 heteroatoms. The minimum absolute atomic E-state index is 0.0251. The maximum atomic E-state index is 12.4. The maximum absolute atomic E-state index is 12.4. The van der Waals surface area contributed by atoms with Gasteiger partial charge in [-0.3, -0.25) is 4.79 Å². The Morgan fingerprint density at radius 1 is 1.07 bits per heavy atom. The quantitative estimate of drug-likeness (QED) is 0.590. The van der Waals surface area contributed by atoms with E-state index in [1.54, 1.807) is 37.3 Å². The summed E-state index contributed by atoms with van der Waals surface area (Å²) in [6.45, 7) is 1.71. The lowest BCUT2D eigenvalue weighted by molar-refractivity contribution is 0.0988. The van der Waals surface area contributed by atoms with Crippen LogP contribution < -0.4 is 0 Å². The van der Waals surface area contributed by atoms with E-state index in [-0.39, 0.29) is 29.6 Å². The van der Waals surface area contributed by atoms with Crippen LogP contribution in [0.1, 0.15) is 17.3 Å². The zero-order chi connectivity index (χ0) is 19.6.